The summed E-state index contributed by atoms with van der Waals surface area (Å²) in [6.45, 7) is 0.965. The van der Waals surface area contributed by atoms with Crippen molar-refractivity contribution in [2.75, 3.05) is 18.1 Å². The van der Waals surface area contributed by atoms with E-state index in [0.29, 0.717) is 11.8 Å². The summed E-state index contributed by atoms with van der Waals surface area (Å²) in [5, 5.41) is 13.2. The average Bonchev–Trinajstić information content (AvgIpc) is 2.33. The first-order valence-electron chi connectivity index (χ1n) is 5.94. The molecule has 0 unspecified atom stereocenters. The zero-order valence-corrected chi connectivity index (χ0v) is 10.3. The molecule has 2 nitrogen and oxygen atoms in total. The van der Waals surface area contributed by atoms with Crippen molar-refractivity contribution in [3.8, 4) is 5.75 Å². The summed E-state index contributed by atoms with van der Waals surface area (Å²) in [5.74, 6) is 2.99. The van der Waals surface area contributed by atoms with Crippen LogP contribution in [0.4, 0.5) is 0 Å². The van der Waals surface area contributed by atoms with Crippen LogP contribution < -0.4 is 5.32 Å². The van der Waals surface area contributed by atoms with E-state index in [0.717, 1.165) is 18.5 Å². The molecule has 1 fully saturated rings. The average molecular weight is 237 g/mol. The lowest BCUT2D eigenvalue weighted by Crippen LogP contribution is -2.33. The fraction of sp³-hybridized carbons (Fsp3) is 0.538. The van der Waals surface area contributed by atoms with Crippen molar-refractivity contribution in [1.82, 2.24) is 5.32 Å². The number of nitrogens with one attached hydrogen (secondary N) is 1. The topological polar surface area (TPSA) is 32.3 Å². The van der Waals surface area contributed by atoms with Crippen LogP contribution in [0.3, 0.4) is 0 Å². The highest BCUT2D eigenvalue weighted by atomic mass is 32.2. The van der Waals surface area contributed by atoms with Crippen LogP contribution in [0.5, 0.6) is 5.75 Å². The molecule has 0 radical (unpaired) electrons. The van der Waals surface area contributed by atoms with Gasteiger partial charge >= 0.3 is 0 Å². The van der Waals surface area contributed by atoms with Crippen LogP contribution in [0, 0.1) is 0 Å². The number of rotatable bonds is 4. The van der Waals surface area contributed by atoms with Gasteiger partial charge < -0.3 is 10.4 Å². The molecule has 0 amide bonds. The van der Waals surface area contributed by atoms with Gasteiger partial charge in [0.25, 0.3) is 0 Å². The van der Waals surface area contributed by atoms with Crippen molar-refractivity contribution in [3.05, 3.63) is 29.8 Å². The van der Waals surface area contributed by atoms with Crippen molar-refractivity contribution in [2.24, 2.45) is 0 Å². The SMILES string of the molecule is Oc1ccccc1CCNC1CCSCC1. The number of benzene rings is 1. The van der Waals surface area contributed by atoms with Gasteiger partial charge in [-0.05, 0) is 48.9 Å². The normalized spacial score (nSPS) is 17.5. The molecule has 0 saturated carbocycles. The smallest absolute Gasteiger partial charge is 0.118 e. The summed E-state index contributed by atoms with van der Waals surface area (Å²) in [5.41, 5.74) is 1.04. The molecular weight excluding hydrogens is 218 g/mol. The number of phenols is 1. The number of hydrogen-bond donors (Lipinski definition) is 2. The predicted molar refractivity (Wildman–Crippen MR) is 70.2 cm³/mol. The Hall–Kier alpha value is -0.670. The molecule has 1 aliphatic rings. The first-order valence-corrected chi connectivity index (χ1v) is 7.10. The lowest BCUT2D eigenvalue weighted by atomic mass is 10.1. The van der Waals surface area contributed by atoms with Crippen LogP contribution in [-0.2, 0) is 6.42 Å². The number of phenolic OH excluding ortho intramolecular Hbond substituents is 1. The van der Waals surface area contributed by atoms with E-state index in [-0.39, 0.29) is 0 Å². The quantitative estimate of drug-likeness (QED) is 0.843. The van der Waals surface area contributed by atoms with E-state index < -0.39 is 0 Å². The van der Waals surface area contributed by atoms with Gasteiger partial charge in [-0.3, -0.25) is 0 Å². The van der Waals surface area contributed by atoms with Gasteiger partial charge in [-0.15, -0.1) is 0 Å². The second kappa shape index (κ2) is 6.16. The second-order valence-electron chi connectivity index (χ2n) is 4.22. The fourth-order valence-electron chi connectivity index (χ4n) is 2.03. The molecule has 0 atom stereocenters. The van der Waals surface area contributed by atoms with E-state index >= 15 is 0 Å². The fourth-order valence-corrected chi connectivity index (χ4v) is 3.14. The van der Waals surface area contributed by atoms with Crippen LogP contribution >= 0.6 is 11.8 Å². The Balaban J connectivity index is 1.73. The van der Waals surface area contributed by atoms with E-state index in [4.69, 9.17) is 0 Å². The molecule has 0 aromatic heterocycles. The maximum atomic E-state index is 9.62. The first-order chi connectivity index (χ1) is 7.86. The van der Waals surface area contributed by atoms with Gasteiger partial charge in [0.15, 0.2) is 0 Å². The predicted octanol–water partition coefficient (Wildman–Crippen LogP) is 2.42. The molecule has 16 heavy (non-hydrogen) atoms. The minimum Gasteiger partial charge on any atom is -0.508 e. The minimum absolute atomic E-state index is 0.420. The van der Waals surface area contributed by atoms with Crippen LogP contribution in [0.15, 0.2) is 24.3 Å². The Bertz CT molecular complexity index is 323. The molecule has 1 aromatic carbocycles. The van der Waals surface area contributed by atoms with E-state index in [1.54, 1.807) is 6.07 Å². The number of para-hydroxylation sites is 1. The Morgan fingerprint density at radius 3 is 2.75 bits per heavy atom. The van der Waals surface area contributed by atoms with Crippen LogP contribution in [0.2, 0.25) is 0 Å². The van der Waals surface area contributed by atoms with E-state index in [1.807, 2.05) is 18.2 Å². The minimum atomic E-state index is 0.420. The van der Waals surface area contributed by atoms with Crippen LogP contribution in [-0.4, -0.2) is 29.2 Å². The summed E-state index contributed by atoms with van der Waals surface area (Å²) in [6.07, 6.45) is 3.48. The van der Waals surface area contributed by atoms with Crippen molar-refractivity contribution < 1.29 is 5.11 Å². The molecule has 1 aliphatic heterocycles. The highest BCUT2D eigenvalue weighted by Crippen LogP contribution is 2.18. The van der Waals surface area contributed by atoms with Gasteiger partial charge in [-0.2, -0.15) is 11.8 Å². The Labute approximate surface area is 101 Å². The van der Waals surface area contributed by atoms with Crippen molar-refractivity contribution >= 4 is 11.8 Å². The first kappa shape index (κ1) is 11.8. The number of aromatic hydroxyl groups is 1. The molecular formula is C13H19NOS. The summed E-state index contributed by atoms with van der Waals surface area (Å²) in [4.78, 5) is 0. The van der Waals surface area contributed by atoms with E-state index in [9.17, 15) is 5.11 Å². The van der Waals surface area contributed by atoms with E-state index in [1.165, 1.54) is 24.3 Å². The largest absolute Gasteiger partial charge is 0.508 e. The Morgan fingerprint density at radius 2 is 2.00 bits per heavy atom. The molecule has 88 valence electrons. The third kappa shape index (κ3) is 3.42. The van der Waals surface area contributed by atoms with E-state index in [2.05, 4.69) is 17.1 Å². The van der Waals surface area contributed by atoms with Gasteiger partial charge in [-0.1, -0.05) is 18.2 Å². The van der Waals surface area contributed by atoms with Gasteiger partial charge in [0.2, 0.25) is 0 Å². The van der Waals surface area contributed by atoms with Crippen LogP contribution in [0.25, 0.3) is 0 Å². The molecule has 0 aliphatic carbocycles. The Morgan fingerprint density at radius 1 is 1.25 bits per heavy atom. The molecule has 2 N–H and O–H groups in total. The lowest BCUT2D eigenvalue weighted by molar-refractivity contribution is 0.458. The molecule has 3 heteroatoms. The van der Waals surface area contributed by atoms with Crippen molar-refractivity contribution in [3.63, 3.8) is 0 Å². The van der Waals surface area contributed by atoms with Gasteiger partial charge in [0.1, 0.15) is 5.75 Å². The van der Waals surface area contributed by atoms with Crippen LogP contribution in [0.1, 0.15) is 18.4 Å². The zero-order chi connectivity index (χ0) is 11.2. The van der Waals surface area contributed by atoms with Gasteiger partial charge in [0.05, 0.1) is 0 Å². The Kier molecular flexibility index (Phi) is 4.55. The van der Waals surface area contributed by atoms with Crippen molar-refractivity contribution in [1.29, 1.82) is 0 Å². The van der Waals surface area contributed by atoms with Crippen molar-refractivity contribution in [2.45, 2.75) is 25.3 Å². The maximum Gasteiger partial charge on any atom is 0.118 e. The third-order valence-corrected chi connectivity index (χ3v) is 4.09. The molecule has 1 saturated heterocycles. The summed E-state index contributed by atoms with van der Waals surface area (Å²) in [7, 11) is 0. The molecule has 0 spiro atoms. The standard InChI is InChI=1S/C13H19NOS/c15-13-4-2-1-3-11(13)5-8-14-12-6-9-16-10-7-12/h1-4,12,14-15H,5-10H2. The number of thioether (sulfide) groups is 1. The second-order valence-corrected chi connectivity index (χ2v) is 5.44. The summed E-state index contributed by atoms with van der Waals surface area (Å²) in [6, 6.07) is 8.28. The van der Waals surface area contributed by atoms with Gasteiger partial charge in [0, 0.05) is 6.04 Å². The monoisotopic (exact) mass is 237 g/mol. The number of hydrogen-bond acceptors (Lipinski definition) is 3. The zero-order valence-electron chi connectivity index (χ0n) is 9.48. The highest BCUT2D eigenvalue weighted by Gasteiger charge is 2.12. The third-order valence-electron chi connectivity index (χ3n) is 3.04. The maximum absolute atomic E-state index is 9.62. The molecule has 0 bridgehead atoms. The molecule has 2 rings (SSSR count). The highest BCUT2D eigenvalue weighted by molar-refractivity contribution is 7.99. The lowest BCUT2D eigenvalue weighted by Gasteiger charge is -2.22. The van der Waals surface area contributed by atoms with Gasteiger partial charge in [-0.25, -0.2) is 0 Å². The summed E-state index contributed by atoms with van der Waals surface area (Å²) >= 11 is 2.05. The molecule has 1 aromatic rings. The molecule has 1 heterocycles. The summed E-state index contributed by atoms with van der Waals surface area (Å²) < 4.78 is 0.